The molecule has 0 N–H and O–H groups in total. The maximum absolute atomic E-state index is 2.40. The monoisotopic (exact) mass is 169 g/mol. The van der Waals surface area contributed by atoms with Gasteiger partial charge in [0.05, 0.1) is 8.80 Å². The Morgan fingerprint density at radius 1 is 1.00 bits per heavy atom. The molecule has 0 amide bonds. The summed E-state index contributed by atoms with van der Waals surface area (Å²) in [6.07, 6.45) is 7.70. The minimum atomic E-state index is 0.0761. The average Bonchev–Trinajstić information content (AvgIpc) is 2.09. The summed E-state index contributed by atoms with van der Waals surface area (Å²) in [5.74, 6) is 0. The van der Waals surface area contributed by atoms with E-state index in [9.17, 15) is 0 Å². The third-order valence-corrected chi connectivity index (χ3v) is 6.64. The summed E-state index contributed by atoms with van der Waals surface area (Å²) in [5.41, 5.74) is 1.18. The van der Waals surface area contributed by atoms with Crippen molar-refractivity contribution in [1.82, 2.24) is 0 Å². The highest BCUT2D eigenvalue weighted by Crippen LogP contribution is 2.33. The van der Waals surface area contributed by atoms with Gasteiger partial charge in [-0.2, -0.15) is 0 Å². The van der Waals surface area contributed by atoms with Crippen molar-refractivity contribution in [3.05, 3.63) is 0 Å². The molecule has 0 heterocycles. The first-order valence-corrected chi connectivity index (χ1v) is 7.22. The Hall–Kier alpha value is 0.217. The Balaban J connectivity index is 2.30. The third-order valence-electron chi connectivity index (χ3n) is 3.09. The molecule has 1 aliphatic rings. The van der Waals surface area contributed by atoms with Crippen molar-refractivity contribution in [2.75, 3.05) is 0 Å². The Kier molecular flexibility index (Phi) is 4.20. The van der Waals surface area contributed by atoms with Gasteiger partial charge in [-0.25, -0.2) is 0 Å². The first-order valence-electron chi connectivity index (χ1n) is 5.23. The van der Waals surface area contributed by atoms with Crippen LogP contribution < -0.4 is 0 Å². The van der Waals surface area contributed by atoms with Crippen LogP contribution in [0.3, 0.4) is 0 Å². The fourth-order valence-corrected chi connectivity index (χ4v) is 5.22. The molecule has 1 fully saturated rings. The summed E-state index contributed by atoms with van der Waals surface area (Å²) < 4.78 is 0. The normalized spacial score (nSPS) is 21.0. The molecule has 0 aromatic heterocycles. The second kappa shape index (κ2) is 4.97. The van der Waals surface area contributed by atoms with Gasteiger partial charge < -0.3 is 0 Å². The maximum Gasteiger partial charge on any atom is 0.0506 e. The van der Waals surface area contributed by atoms with Crippen molar-refractivity contribution in [2.45, 2.75) is 63.6 Å². The largest absolute Gasteiger partial charge is 0.0680 e. The van der Waals surface area contributed by atoms with Crippen molar-refractivity contribution in [1.29, 1.82) is 0 Å². The van der Waals surface area contributed by atoms with E-state index in [4.69, 9.17) is 0 Å². The first kappa shape index (κ1) is 9.31. The zero-order valence-corrected chi connectivity index (χ0v) is 9.03. The molecule has 1 radical (unpaired) electrons. The van der Waals surface area contributed by atoms with Gasteiger partial charge in [0.15, 0.2) is 0 Å². The lowest BCUT2D eigenvalue weighted by atomic mass is 10.0. The Labute approximate surface area is 73.0 Å². The van der Waals surface area contributed by atoms with Crippen LogP contribution in [0.25, 0.3) is 0 Å². The summed E-state index contributed by atoms with van der Waals surface area (Å²) in [6, 6.07) is 3.01. The third kappa shape index (κ3) is 2.62. The van der Waals surface area contributed by atoms with E-state index in [0.29, 0.717) is 0 Å². The molecular weight excluding hydrogens is 148 g/mol. The summed E-state index contributed by atoms with van der Waals surface area (Å²) in [7, 11) is 0.0761. The molecule has 1 saturated carbocycles. The molecule has 1 rings (SSSR count). The van der Waals surface area contributed by atoms with Gasteiger partial charge in [0, 0.05) is 0 Å². The molecule has 0 aromatic carbocycles. The van der Waals surface area contributed by atoms with Gasteiger partial charge in [-0.3, -0.25) is 0 Å². The molecular formula is C10H21Si. The number of hydrogen-bond donors (Lipinski definition) is 0. The predicted octanol–water partition coefficient (Wildman–Crippen LogP) is 3.86. The van der Waals surface area contributed by atoms with Crippen molar-refractivity contribution < 1.29 is 0 Å². The molecule has 65 valence electrons. The van der Waals surface area contributed by atoms with Crippen molar-refractivity contribution >= 4 is 8.80 Å². The van der Waals surface area contributed by atoms with Gasteiger partial charge in [-0.05, 0) is 5.54 Å². The first-order chi connectivity index (χ1) is 5.38. The number of rotatable bonds is 3. The molecule has 0 unspecified atom stereocenters. The van der Waals surface area contributed by atoms with Crippen LogP contribution in [0.1, 0.15) is 46.0 Å². The topological polar surface area (TPSA) is 0 Å². The Morgan fingerprint density at radius 2 is 1.55 bits per heavy atom. The zero-order chi connectivity index (χ0) is 8.10. The molecule has 1 heteroatoms. The smallest absolute Gasteiger partial charge is 0.0506 e. The highest BCUT2D eigenvalue weighted by atomic mass is 28.3. The van der Waals surface area contributed by atoms with Gasteiger partial charge in [-0.1, -0.05) is 58.0 Å². The van der Waals surface area contributed by atoms with E-state index in [2.05, 4.69) is 13.8 Å². The second-order valence-corrected chi connectivity index (χ2v) is 7.25. The Bertz CT molecular complexity index is 91.0. The van der Waals surface area contributed by atoms with Crippen molar-refractivity contribution in [3.63, 3.8) is 0 Å². The van der Waals surface area contributed by atoms with E-state index < -0.39 is 0 Å². The van der Waals surface area contributed by atoms with E-state index in [-0.39, 0.29) is 8.80 Å². The van der Waals surface area contributed by atoms with E-state index >= 15 is 0 Å². The van der Waals surface area contributed by atoms with Crippen LogP contribution in [0.2, 0.25) is 17.6 Å². The average molecular weight is 169 g/mol. The van der Waals surface area contributed by atoms with Crippen LogP contribution in [0.5, 0.6) is 0 Å². The minimum Gasteiger partial charge on any atom is -0.0680 e. The standard InChI is InChI=1S/C10H21Si/c1-3-11(4-2)10-8-6-5-7-9-10/h10H,3-9H2,1-2H3. The van der Waals surface area contributed by atoms with Gasteiger partial charge in [-0.15, -0.1) is 0 Å². The van der Waals surface area contributed by atoms with Crippen LogP contribution >= 0.6 is 0 Å². The fraction of sp³-hybridized carbons (Fsp3) is 1.00. The van der Waals surface area contributed by atoms with Crippen molar-refractivity contribution in [3.8, 4) is 0 Å². The van der Waals surface area contributed by atoms with E-state index in [1.807, 2.05) is 0 Å². The lowest BCUT2D eigenvalue weighted by molar-refractivity contribution is 0.495. The molecule has 0 bridgehead atoms. The van der Waals surface area contributed by atoms with Gasteiger partial charge in [0.2, 0.25) is 0 Å². The van der Waals surface area contributed by atoms with Gasteiger partial charge >= 0.3 is 0 Å². The Morgan fingerprint density at radius 3 is 2.00 bits per heavy atom. The minimum absolute atomic E-state index is 0.0761. The van der Waals surface area contributed by atoms with Gasteiger partial charge in [0.25, 0.3) is 0 Å². The number of hydrogen-bond acceptors (Lipinski definition) is 0. The summed E-state index contributed by atoms with van der Waals surface area (Å²) in [5, 5.41) is 0. The maximum atomic E-state index is 2.40. The predicted molar refractivity (Wildman–Crippen MR) is 53.6 cm³/mol. The highest BCUT2D eigenvalue weighted by molar-refractivity contribution is 6.60. The molecule has 0 spiro atoms. The lowest BCUT2D eigenvalue weighted by Gasteiger charge is -2.27. The summed E-state index contributed by atoms with van der Waals surface area (Å²) in [4.78, 5) is 0. The van der Waals surface area contributed by atoms with Crippen LogP contribution in [0, 0.1) is 0 Å². The molecule has 1 aliphatic carbocycles. The SMILES string of the molecule is CC[Si](CC)C1CCCCC1. The fourth-order valence-electron chi connectivity index (χ4n) is 2.34. The van der Waals surface area contributed by atoms with Crippen LogP contribution in [-0.2, 0) is 0 Å². The molecule has 0 aliphatic heterocycles. The van der Waals surface area contributed by atoms with E-state index in [1.165, 1.54) is 36.9 Å². The molecule has 0 atom stereocenters. The van der Waals surface area contributed by atoms with E-state index in [0.717, 1.165) is 0 Å². The molecule has 0 nitrogen and oxygen atoms in total. The van der Waals surface area contributed by atoms with Crippen LogP contribution in [-0.4, -0.2) is 8.80 Å². The highest BCUT2D eigenvalue weighted by Gasteiger charge is 2.21. The zero-order valence-electron chi connectivity index (χ0n) is 8.03. The molecule has 0 saturated heterocycles. The van der Waals surface area contributed by atoms with Crippen molar-refractivity contribution in [2.24, 2.45) is 0 Å². The second-order valence-electron chi connectivity index (χ2n) is 3.70. The van der Waals surface area contributed by atoms with Crippen LogP contribution in [0.15, 0.2) is 0 Å². The van der Waals surface area contributed by atoms with E-state index in [1.54, 1.807) is 12.8 Å². The summed E-state index contributed by atoms with van der Waals surface area (Å²) in [6.45, 7) is 4.79. The quantitative estimate of drug-likeness (QED) is 0.563. The van der Waals surface area contributed by atoms with Gasteiger partial charge in [0.1, 0.15) is 0 Å². The molecule has 0 aromatic rings. The van der Waals surface area contributed by atoms with Crippen LogP contribution in [0.4, 0.5) is 0 Å². The lowest BCUT2D eigenvalue weighted by Crippen LogP contribution is -2.20. The summed E-state index contributed by atoms with van der Waals surface area (Å²) >= 11 is 0. The molecule has 11 heavy (non-hydrogen) atoms.